The molecule has 8 nitrogen and oxygen atoms in total. The van der Waals surface area contributed by atoms with Crippen LogP contribution in [0.1, 0.15) is 20.7 Å². The monoisotopic (exact) mass is 417 g/mol. The molecule has 0 aromatic heterocycles. The van der Waals surface area contributed by atoms with Crippen molar-refractivity contribution in [3.63, 3.8) is 0 Å². The number of hydrazine groups is 1. The first-order valence-corrected chi connectivity index (χ1v) is 9.58. The molecule has 11 heteroatoms. The third kappa shape index (κ3) is 5.25. The molecule has 0 saturated carbocycles. The van der Waals surface area contributed by atoms with Crippen molar-refractivity contribution in [2.75, 3.05) is 11.0 Å². The van der Waals surface area contributed by atoms with Crippen LogP contribution in [0.2, 0.25) is 10.0 Å². The van der Waals surface area contributed by atoms with Crippen LogP contribution in [0.25, 0.3) is 0 Å². The zero-order valence-electron chi connectivity index (χ0n) is 13.2. The predicted molar refractivity (Wildman–Crippen MR) is 98.0 cm³/mol. The maximum absolute atomic E-state index is 12.1. The van der Waals surface area contributed by atoms with Crippen LogP contribution in [0, 0.1) is 0 Å². The van der Waals surface area contributed by atoms with Gasteiger partial charge in [0.2, 0.25) is 10.0 Å². The van der Waals surface area contributed by atoms with E-state index in [4.69, 9.17) is 23.2 Å². The van der Waals surface area contributed by atoms with Crippen LogP contribution in [0.15, 0.2) is 36.4 Å². The molecule has 0 aliphatic carbocycles. The number of hydrogen-bond donors (Lipinski definition) is 4. The Morgan fingerprint density at radius 3 is 2.31 bits per heavy atom. The van der Waals surface area contributed by atoms with Gasteiger partial charge in [0.15, 0.2) is 0 Å². The minimum atomic E-state index is -3.59. The number of carbonyl (C=O) groups is 2. The van der Waals surface area contributed by atoms with Gasteiger partial charge in [-0.2, -0.15) is 0 Å². The molecule has 2 rings (SSSR count). The number of carbonyl (C=O) groups excluding carboxylic acids is 2. The largest absolute Gasteiger partial charge is 0.507 e. The molecule has 2 amide bonds. The summed E-state index contributed by atoms with van der Waals surface area (Å²) in [5, 5.41) is 9.98. The minimum Gasteiger partial charge on any atom is -0.507 e. The van der Waals surface area contributed by atoms with Crippen molar-refractivity contribution in [2.24, 2.45) is 0 Å². The summed E-state index contributed by atoms with van der Waals surface area (Å²) in [5.41, 5.74) is 4.18. The number of anilines is 1. The van der Waals surface area contributed by atoms with Gasteiger partial charge in [0.1, 0.15) is 5.75 Å². The van der Waals surface area contributed by atoms with E-state index in [2.05, 4.69) is 15.6 Å². The number of rotatable bonds is 4. The lowest BCUT2D eigenvalue weighted by Crippen LogP contribution is -2.41. The Morgan fingerprint density at radius 2 is 1.65 bits per heavy atom. The minimum absolute atomic E-state index is 0.0145. The highest BCUT2D eigenvalue weighted by Crippen LogP contribution is 2.24. The molecule has 4 N–H and O–H groups in total. The number of aromatic hydroxyl groups is 1. The highest BCUT2D eigenvalue weighted by atomic mass is 35.5. The van der Waals surface area contributed by atoms with Crippen LogP contribution in [0.4, 0.5) is 5.69 Å². The highest BCUT2D eigenvalue weighted by Gasteiger charge is 2.15. The fourth-order valence-electron chi connectivity index (χ4n) is 1.89. The van der Waals surface area contributed by atoms with Gasteiger partial charge >= 0.3 is 0 Å². The number of hydrogen-bond acceptors (Lipinski definition) is 5. The van der Waals surface area contributed by atoms with Crippen LogP contribution in [0.5, 0.6) is 5.75 Å². The molecule has 0 spiro atoms. The number of amides is 2. The summed E-state index contributed by atoms with van der Waals surface area (Å²) in [6, 6.07) is 7.75. The van der Waals surface area contributed by atoms with Gasteiger partial charge in [-0.25, -0.2) is 8.42 Å². The smallest absolute Gasteiger partial charge is 0.273 e. The summed E-state index contributed by atoms with van der Waals surface area (Å²) in [6.07, 6.45) is 0.938. The molecule has 2 aromatic carbocycles. The van der Waals surface area contributed by atoms with Gasteiger partial charge in [-0.05, 0) is 36.4 Å². The Labute approximate surface area is 159 Å². The molecule has 0 saturated heterocycles. The summed E-state index contributed by atoms with van der Waals surface area (Å²) < 4.78 is 24.8. The average Bonchev–Trinajstić information content (AvgIpc) is 2.55. The van der Waals surface area contributed by atoms with E-state index in [1.165, 1.54) is 36.4 Å². The lowest BCUT2D eigenvalue weighted by molar-refractivity contribution is 0.0845. The van der Waals surface area contributed by atoms with Crippen molar-refractivity contribution in [2.45, 2.75) is 0 Å². The van der Waals surface area contributed by atoms with E-state index in [-0.39, 0.29) is 32.6 Å². The molecule has 26 heavy (non-hydrogen) atoms. The summed E-state index contributed by atoms with van der Waals surface area (Å²) in [4.78, 5) is 24.1. The lowest BCUT2D eigenvalue weighted by atomic mass is 10.2. The number of halogens is 2. The molecule has 0 unspecified atom stereocenters. The SMILES string of the molecule is CS(=O)(=O)Nc1cc(C(=O)NNC(=O)c2cc(Cl)ccc2O)ccc1Cl. The Morgan fingerprint density at radius 1 is 1.00 bits per heavy atom. The van der Waals surface area contributed by atoms with E-state index < -0.39 is 21.8 Å². The Bertz CT molecular complexity index is 979. The average molecular weight is 418 g/mol. The topological polar surface area (TPSA) is 125 Å². The van der Waals surface area contributed by atoms with E-state index in [9.17, 15) is 23.1 Å². The van der Waals surface area contributed by atoms with Crippen LogP contribution in [0.3, 0.4) is 0 Å². The van der Waals surface area contributed by atoms with E-state index in [0.29, 0.717) is 0 Å². The van der Waals surface area contributed by atoms with E-state index >= 15 is 0 Å². The van der Waals surface area contributed by atoms with Crippen molar-refractivity contribution in [1.29, 1.82) is 0 Å². The number of nitrogens with one attached hydrogen (secondary N) is 3. The molecule has 2 aromatic rings. The van der Waals surface area contributed by atoms with Crippen molar-refractivity contribution >= 4 is 50.7 Å². The molecule has 0 aliphatic heterocycles. The normalized spacial score (nSPS) is 10.9. The Balaban J connectivity index is 2.11. The molecule has 138 valence electrons. The first-order chi connectivity index (χ1) is 12.1. The fourth-order valence-corrected chi connectivity index (χ4v) is 2.85. The zero-order valence-corrected chi connectivity index (χ0v) is 15.5. The van der Waals surface area contributed by atoms with Gasteiger partial charge < -0.3 is 5.11 Å². The molecule has 0 heterocycles. The van der Waals surface area contributed by atoms with Crippen molar-refractivity contribution in [3.8, 4) is 5.75 Å². The number of sulfonamides is 1. The van der Waals surface area contributed by atoms with Gasteiger partial charge in [0.05, 0.1) is 22.5 Å². The first-order valence-electron chi connectivity index (χ1n) is 6.93. The van der Waals surface area contributed by atoms with Gasteiger partial charge in [-0.15, -0.1) is 0 Å². The first kappa shape index (κ1) is 19.8. The second-order valence-electron chi connectivity index (χ2n) is 5.14. The predicted octanol–water partition coefficient (Wildman–Crippen LogP) is 2.15. The van der Waals surface area contributed by atoms with Gasteiger partial charge in [0.25, 0.3) is 11.8 Å². The van der Waals surface area contributed by atoms with Crippen molar-refractivity contribution < 1.29 is 23.1 Å². The van der Waals surface area contributed by atoms with Crippen molar-refractivity contribution in [1.82, 2.24) is 10.9 Å². The van der Waals surface area contributed by atoms with Crippen LogP contribution in [-0.2, 0) is 10.0 Å². The molecule has 0 bridgehead atoms. The fraction of sp³-hybridized carbons (Fsp3) is 0.0667. The van der Waals surface area contributed by atoms with Gasteiger partial charge in [-0.1, -0.05) is 23.2 Å². The van der Waals surface area contributed by atoms with Crippen molar-refractivity contribution in [3.05, 3.63) is 57.6 Å². The lowest BCUT2D eigenvalue weighted by Gasteiger charge is -2.11. The second kappa shape index (κ2) is 7.81. The zero-order chi connectivity index (χ0) is 19.5. The van der Waals surface area contributed by atoms with E-state index in [1.54, 1.807) is 0 Å². The van der Waals surface area contributed by atoms with Gasteiger partial charge in [0, 0.05) is 10.6 Å². The number of phenolic OH excluding ortho intramolecular Hbond substituents is 1. The molecule has 0 aliphatic rings. The summed E-state index contributed by atoms with van der Waals surface area (Å²) >= 11 is 11.6. The number of phenols is 1. The Hall–Kier alpha value is -2.49. The molecular weight excluding hydrogens is 405 g/mol. The summed E-state index contributed by atoms with van der Waals surface area (Å²) in [6.45, 7) is 0. The summed E-state index contributed by atoms with van der Waals surface area (Å²) in [7, 11) is -3.59. The maximum atomic E-state index is 12.1. The van der Waals surface area contributed by atoms with Crippen LogP contribution in [-0.4, -0.2) is 31.6 Å². The molecule has 0 fully saturated rings. The maximum Gasteiger partial charge on any atom is 0.273 e. The standard InChI is InChI=1S/C15H13Cl2N3O5S/c1-26(24,25)20-12-6-8(2-4-11(12)17)14(22)18-19-15(23)10-7-9(16)3-5-13(10)21/h2-7,20-21H,1H3,(H,18,22)(H,19,23). The highest BCUT2D eigenvalue weighted by molar-refractivity contribution is 7.92. The second-order valence-corrected chi connectivity index (χ2v) is 7.73. The van der Waals surface area contributed by atoms with E-state index in [0.717, 1.165) is 6.26 Å². The van der Waals surface area contributed by atoms with E-state index in [1.807, 2.05) is 0 Å². The quantitative estimate of drug-likeness (QED) is 0.567. The third-order valence-corrected chi connectivity index (χ3v) is 4.17. The Kier molecular flexibility index (Phi) is 5.96. The molecule has 0 atom stereocenters. The van der Waals surface area contributed by atoms with Crippen LogP contribution < -0.4 is 15.6 Å². The van der Waals surface area contributed by atoms with Gasteiger partial charge in [-0.3, -0.25) is 25.2 Å². The number of benzene rings is 2. The third-order valence-electron chi connectivity index (χ3n) is 3.02. The molecule has 0 radical (unpaired) electrons. The molecular formula is C15H13Cl2N3O5S. The van der Waals surface area contributed by atoms with Crippen LogP contribution >= 0.6 is 23.2 Å². The summed E-state index contributed by atoms with van der Waals surface area (Å²) in [5.74, 6) is -1.83.